The number of carbonyl (C=O) groups excluding carboxylic acids is 2. The third kappa shape index (κ3) is 5.36. The van der Waals surface area contributed by atoms with E-state index in [9.17, 15) is 18.0 Å². The largest absolute Gasteiger partial charge is 0.351 e. The maximum Gasteiger partial charge on any atom is 0.259 e. The number of aryl methyl sites for hydroxylation is 2. The zero-order valence-corrected chi connectivity index (χ0v) is 23.6. The first-order valence-electron chi connectivity index (χ1n) is 13.6. The van der Waals surface area contributed by atoms with Gasteiger partial charge in [-0.3, -0.25) is 14.5 Å². The summed E-state index contributed by atoms with van der Waals surface area (Å²) in [7, 11) is -4.00. The first-order chi connectivity index (χ1) is 18.7. The lowest BCUT2D eigenvalue weighted by molar-refractivity contribution is 0.0936. The summed E-state index contributed by atoms with van der Waals surface area (Å²) in [6.45, 7) is 8.63. The minimum atomic E-state index is -4.00. The van der Waals surface area contributed by atoms with Gasteiger partial charge in [0.15, 0.2) is 0 Å². The number of nitrogens with one attached hydrogen (secondary N) is 1. The molecule has 1 fully saturated rings. The van der Waals surface area contributed by atoms with Gasteiger partial charge in [0.1, 0.15) is 0 Å². The number of piperidine rings is 1. The van der Waals surface area contributed by atoms with Crippen molar-refractivity contribution in [3.63, 3.8) is 0 Å². The highest BCUT2D eigenvalue weighted by Gasteiger charge is 2.36. The average Bonchev–Trinajstić information content (AvgIpc) is 2.99. The highest BCUT2D eigenvalue weighted by molar-refractivity contribution is 7.91. The summed E-state index contributed by atoms with van der Waals surface area (Å²) in [5, 5.41) is 2.99. The van der Waals surface area contributed by atoms with E-state index in [0.29, 0.717) is 18.2 Å². The maximum absolute atomic E-state index is 13.9. The van der Waals surface area contributed by atoms with Crippen LogP contribution in [0.5, 0.6) is 0 Å². The van der Waals surface area contributed by atoms with Crippen LogP contribution in [0.2, 0.25) is 0 Å². The lowest BCUT2D eigenvalue weighted by atomic mass is 10.0. The van der Waals surface area contributed by atoms with Gasteiger partial charge < -0.3 is 10.2 Å². The molecule has 3 aromatic carbocycles. The van der Waals surface area contributed by atoms with Gasteiger partial charge in [-0.2, -0.15) is 0 Å². The number of sulfone groups is 1. The number of likely N-dealkylation sites (tertiary alicyclic amines) is 1. The number of hydrogen-bond donors (Lipinski definition) is 1. The van der Waals surface area contributed by atoms with Crippen LogP contribution in [0.4, 0.5) is 5.69 Å². The molecule has 0 unspecified atom stereocenters. The second kappa shape index (κ2) is 10.9. The quantitative estimate of drug-likeness (QED) is 0.476. The van der Waals surface area contributed by atoms with E-state index in [1.54, 1.807) is 24.3 Å². The molecule has 3 aromatic rings. The first-order valence-corrected chi connectivity index (χ1v) is 15.0. The molecule has 7 nitrogen and oxygen atoms in total. The summed E-state index contributed by atoms with van der Waals surface area (Å²) in [5.41, 5.74) is 3.62. The van der Waals surface area contributed by atoms with E-state index in [2.05, 4.69) is 17.1 Å². The smallest absolute Gasteiger partial charge is 0.259 e. The third-order valence-corrected chi connectivity index (χ3v) is 9.77. The lowest BCUT2D eigenvalue weighted by Crippen LogP contribution is -2.42. The number of amides is 2. The number of carbonyl (C=O) groups is 2. The second-order valence-corrected chi connectivity index (χ2v) is 12.5. The molecule has 2 aliphatic rings. The van der Waals surface area contributed by atoms with E-state index in [1.165, 1.54) is 42.4 Å². The van der Waals surface area contributed by atoms with Gasteiger partial charge in [0, 0.05) is 24.7 Å². The monoisotopic (exact) mass is 545 g/mol. The van der Waals surface area contributed by atoms with E-state index < -0.39 is 15.7 Å². The Hall–Kier alpha value is -3.49. The maximum atomic E-state index is 13.9. The zero-order valence-electron chi connectivity index (χ0n) is 22.7. The molecule has 0 bridgehead atoms. The van der Waals surface area contributed by atoms with Crippen molar-refractivity contribution < 1.29 is 18.0 Å². The Kier molecular flexibility index (Phi) is 7.60. The van der Waals surface area contributed by atoms with Gasteiger partial charge in [0.2, 0.25) is 9.84 Å². The summed E-state index contributed by atoms with van der Waals surface area (Å²) >= 11 is 0. The predicted octanol–water partition coefficient (Wildman–Crippen LogP) is 4.90. The molecular weight excluding hydrogens is 510 g/mol. The molecule has 8 heteroatoms. The molecule has 0 radical (unpaired) electrons. The Morgan fingerprint density at radius 1 is 1.00 bits per heavy atom. The SMILES string of the molecule is Cc1ccc(C)c(CN2C(=O)c3ccccc3S(=O)(=O)c3ccc(C(=O)NCCN4CCCC[C@@H]4C)cc32)c1. The van der Waals surface area contributed by atoms with Crippen molar-refractivity contribution in [3.8, 4) is 0 Å². The fourth-order valence-electron chi connectivity index (χ4n) is 5.55. The number of hydrogen-bond acceptors (Lipinski definition) is 5. The van der Waals surface area contributed by atoms with Gasteiger partial charge in [0.25, 0.3) is 11.8 Å². The zero-order chi connectivity index (χ0) is 27.7. The molecule has 2 heterocycles. The van der Waals surface area contributed by atoms with Crippen molar-refractivity contribution in [1.82, 2.24) is 10.2 Å². The molecule has 2 amide bonds. The van der Waals surface area contributed by atoms with Crippen molar-refractivity contribution in [2.75, 3.05) is 24.5 Å². The summed E-state index contributed by atoms with van der Waals surface area (Å²) in [6, 6.07) is 17.3. The Labute approximate surface area is 230 Å². The normalized spacial score (nSPS) is 18.7. The molecule has 0 spiro atoms. The topological polar surface area (TPSA) is 86.8 Å². The van der Waals surface area contributed by atoms with Crippen LogP contribution < -0.4 is 10.2 Å². The predicted molar refractivity (Wildman–Crippen MR) is 152 cm³/mol. The van der Waals surface area contributed by atoms with Crippen molar-refractivity contribution in [2.45, 2.75) is 62.4 Å². The third-order valence-electron chi connectivity index (χ3n) is 7.91. The van der Waals surface area contributed by atoms with Crippen LogP contribution in [0.1, 0.15) is 63.6 Å². The summed E-state index contributed by atoms with van der Waals surface area (Å²) in [6.07, 6.45) is 3.58. The van der Waals surface area contributed by atoms with E-state index in [-0.39, 0.29) is 33.5 Å². The molecule has 0 saturated carbocycles. The molecule has 1 atom stereocenters. The van der Waals surface area contributed by atoms with Crippen LogP contribution in [0, 0.1) is 13.8 Å². The average molecular weight is 546 g/mol. The van der Waals surface area contributed by atoms with Gasteiger partial charge in [-0.25, -0.2) is 8.42 Å². The van der Waals surface area contributed by atoms with Gasteiger partial charge >= 0.3 is 0 Å². The number of fused-ring (bicyclic) bond motifs is 2. The molecule has 204 valence electrons. The Balaban J connectivity index is 1.51. The van der Waals surface area contributed by atoms with Crippen molar-refractivity contribution in [3.05, 3.63) is 88.5 Å². The van der Waals surface area contributed by atoms with Gasteiger partial charge in [-0.15, -0.1) is 0 Å². The minimum Gasteiger partial charge on any atom is -0.351 e. The van der Waals surface area contributed by atoms with E-state index in [1.807, 2.05) is 32.0 Å². The summed E-state index contributed by atoms with van der Waals surface area (Å²) < 4.78 is 27.5. The van der Waals surface area contributed by atoms with E-state index >= 15 is 0 Å². The van der Waals surface area contributed by atoms with Crippen LogP contribution in [0.25, 0.3) is 0 Å². The Morgan fingerprint density at radius 3 is 2.59 bits per heavy atom. The molecule has 0 aliphatic carbocycles. The van der Waals surface area contributed by atoms with Crippen LogP contribution in [0.15, 0.2) is 70.5 Å². The standard InChI is InChI=1S/C31H35N3O4S/c1-21-11-12-22(2)25(18-21)20-34-27-19-24(30(35)32-15-17-33-16-7-6-8-23(33)3)13-14-29(27)39(37,38)28-10-5-4-9-26(28)31(34)36/h4-5,9-14,18-19,23H,6-8,15-17,20H2,1-3H3,(H,32,35)/t23-/m0/s1. The van der Waals surface area contributed by atoms with Gasteiger partial charge in [-0.1, -0.05) is 42.3 Å². The fraction of sp³-hybridized carbons (Fsp3) is 0.355. The second-order valence-electron chi connectivity index (χ2n) is 10.6. The van der Waals surface area contributed by atoms with Crippen molar-refractivity contribution in [1.29, 1.82) is 0 Å². The number of rotatable bonds is 6. The molecule has 1 saturated heterocycles. The molecule has 1 N–H and O–H groups in total. The Morgan fingerprint density at radius 2 is 1.79 bits per heavy atom. The summed E-state index contributed by atoms with van der Waals surface area (Å²) in [4.78, 5) is 31.0. The summed E-state index contributed by atoms with van der Waals surface area (Å²) in [5.74, 6) is -0.703. The highest BCUT2D eigenvalue weighted by Crippen LogP contribution is 2.38. The minimum absolute atomic E-state index is 0.0183. The highest BCUT2D eigenvalue weighted by atomic mass is 32.2. The molecule has 2 aliphatic heterocycles. The van der Waals surface area contributed by atoms with Crippen molar-refractivity contribution in [2.24, 2.45) is 0 Å². The van der Waals surface area contributed by atoms with Crippen LogP contribution in [-0.2, 0) is 16.4 Å². The van der Waals surface area contributed by atoms with Crippen molar-refractivity contribution >= 4 is 27.3 Å². The molecule has 39 heavy (non-hydrogen) atoms. The Bertz CT molecular complexity index is 1530. The fourth-order valence-corrected chi connectivity index (χ4v) is 7.18. The number of nitrogens with zero attached hydrogens (tertiary/aromatic N) is 2. The number of anilines is 1. The van der Waals surface area contributed by atoms with Crippen LogP contribution in [-0.4, -0.2) is 50.8 Å². The van der Waals surface area contributed by atoms with Gasteiger partial charge in [0.05, 0.1) is 27.6 Å². The lowest BCUT2D eigenvalue weighted by Gasteiger charge is -2.33. The van der Waals surface area contributed by atoms with E-state index in [0.717, 1.165) is 29.8 Å². The molecule has 0 aromatic heterocycles. The number of benzene rings is 3. The van der Waals surface area contributed by atoms with Crippen LogP contribution >= 0.6 is 0 Å². The van der Waals surface area contributed by atoms with Crippen LogP contribution in [0.3, 0.4) is 0 Å². The first kappa shape index (κ1) is 27.1. The van der Waals surface area contributed by atoms with Gasteiger partial charge in [-0.05, 0) is 81.6 Å². The molecular formula is C31H35N3O4S. The molecule has 5 rings (SSSR count). The van der Waals surface area contributed by atoms with E-state index in [4.69, 9.17) is 0 Å².